The molecule has 3 nitrogen and oxygen atoms in total. The van der Waals surface area contributed by atoms with Gasteiger partial charge in [0.05, 0.1) is 10.9 Å². The van der Waals surface area contributed by atoms with Gasteiger partial charge >= 0.3 is 5.63 Å². The van der Waals surface area contributed by atoms with E-state index in [2.05, 4.69) is 4.98 Å². The van der Waals surface area contributed by atoms with Crippen LogP contribution in [-0.4, -0.2) is 4.98 Å². The maximum Gasteiger partial charge on any atom is 0.336 e. The van der Waals surface area contributed by atoms with Crippen molar-refractivity contribution in [3.05, 3.63) is 58.4 Å². The van der Waals surface area contributed by atoms with Crippen LogP contribution >= 0.6 is 0 Å². The predicted octanol–water partition coefficient (Wildman–Crippen LogP) is 3.74. The fourth-order valence-corrected chi connectivity index (χ4v) is 2.71. The largest absolute Gasteiger partial charge is 0.422 e. The van der Waals surface area contributed by atoms with Gasteiger partial charge in [-0.05, 0) is 30.7 Å². The first-order valence-electron chi connectivity index (χ1n) is 6.18. The fourth-order valence-electron chi connectivity index (χ4n) is 2.71. The average molecular weight is 249 g/mol. The molecule has 1 N–H and O–H groups in total. The third kappa shape index (κ3) is 1.35. The molecule has 3 heteroatoms. The second-order valence-electron chi connectivity index (χ2n) is 4.78. The SMILES string of the molecule is Cc1cc(=O)oc2c1ccc1[nH]c3ccccc3c12. The maximum absolute atomic E-state index is 11.6. The topological polar surface area (TPSA) is 46.0 Å². The van der Waals surface area contributed by atoms with Crippen molar-refractivity contribution in [2.24, 2.45) is 0 Å². The van der Waals surface area contributed by atoms with Crippen LogP contribution in [0.4, 0.5) is 0 Å². The third-order valence-electron chi connectivity index (χ3n) is 3.59. The minimum atomic E-state index is -0.303. The van der Waals surface area contributed by atoms with E-state index < -0.39 is 0 Å². The lowest BCUT2D eigenvalue weighted by Gasteiger charge is -2.01. The average Bonchev–Trinajstić information content (AvgIpc) is 2.77. The molecule has 0 unspecified atom stereocenters. The molecule has 19 heavy (non-hydrogen) atoms. The Bertz CT molecular complexity index is 992. The van der Waals surface area contributed by atoms with Crippen molar-refractivity contribution in [3.63, 3.8) is 0 Å². The monoisotopic (exact) mass is 249 g/mol. The van der Waals surface area contributed by atoms with Crippen LogP contribution in [0.15, 0.2) is 51.7 Å². The fraction of sp³-hybridized carbons (Fsp3) is 0.0625. The molecule has 4 rings (SSSR count). The van der Waals surface area contributed by atoms with E-state index in [0.29, 0.717) is 5.58 Å². The normalized spacial score (nSPS) is 11.6. The van der Waals surface area contributed by atoms with Gasteiger partial charge in [-0.3, -0.25) is 0 Å². The molecule has 0 aliphatic carbocycles. The lowest BCUT2D eigenvalue weighted by atomic mass is 10.1. The Labute approximate surface area is 108 Å². The number of nitrogens with one attached hydrogen (secondary N) is 1. The van der Waals surface area contributed by atoms with Gasteiger partial charge in [0.2, 0.25) is 0 Å². The Balaban J connectivity index is 2.39. The molecule has 0 aliphatic rings. The first-order chi connectivity index (χ1) is 9.24. The summed E-state index contributed by atoms with van der Waals surface area (Å²) < 4.78 is 5.45. The van der Waals surface area contributed by atoms with Crippen molar-refractivity contribution in [2.45, 2.75) is 6.92 Å². The highest BCUT2D eigenvalue weighted by Crippen LogP contribution is 2.32. The Kier molecular flexibility index (Phi) is 1.90. The Morgan fingerprint density at radius 2 is 1.84 bits per heavy atom. The lowest BCUT2D eigenvalue weighted by Crippen LogP contribution is -1.97. The minimum Gasteiger partial charge on any atom is -0.422 e. The van der Waals surface area contributed by atoms with E-state index in [1.54, 1.807) is 0 Å². The molecule has 2 aromatic heterocycles. The van der Waals surface area contributed by atoms with Gasteiger partial charge in [-0.15, -0.1) is 0 Å². The first-order valence-corrected chi connectivity index (χ1v) is 6.18. The van der Waals surface area contributed by atoms with Gasteiger partial charge in [0.1, 0.15) is 5.58 Å². The summed E-state index contributed by atoms with van der Waals surface area (Å²) in [6, 6.07) is 13.6. The highest BCUT2D eigenvalue weighted by atomic mass is 16.4. The van der Waals surface area contributed by atoms with E-state index in [-0.39, 0.29) is 5.63 Å². The van der Waals surface area contributed by atoms with E-state index in [9.17, 15) is 4.79 Å². The molecular formula is C16H11NO2. The van der Waals surface area contributed by atoms with Crippen molar-refractivity contribution < 1.29 is 4.42 Å². The van der Waals surface area contributed by atoms with Crippen molar-refractivity contribution in [1.29, 1.82) is 0 Å². The molecule has 92 valence electrons. The number of rotatable bonds is 0. The number of aryl methyl sites for hydroxylation is 1. The number of aromatic amines is 1. The van der Waals surface area contributed by atoms with Crippen LogP contribution in [0, 0.1) is 6.92 Å². The van der Waals surface area contributed by atoms with Gasteiger partial charge in [-0.2, -0.15) is 0 Å². The Hall–Kier alpha value is -2.55. The summed E-state index contributed by atoms with van der Waals surface area (Å²) in [6.45, 7) is 1.93. The molecule has 0 saturated heterocycles. The molecule has 0 saturated carbocycles. The Morgan fingerprint density at radius 3 is 2.74 bits per heavy atom. The molecular weight excluding hydrogens is 238 g/mol. The quantitative estimate of drug-likeness (QED) is 0.482. The number of benzene rings is 2. The van der Waals surface area contributed by atoms with Crippen LogP contribution < -0.4 is 5.63 Å². The molecule has 0 atom stereocenters. The van der Waals surface area contributed by atoms with E-state index >= 15 is 0 Å². The summed E-state index contributed by atoms with van der Waals surface area (Å²) in [5, 5.41) is 3.04. The highest BCUT2D eigenvalue weighted by molar-refractivity contribution is 6.18. The van der Waals surface area contributed by atoms with Gasteiger partial charge in [0.15, 0.2) is 0 Å². The zero-order chi connectivity index (χ0) is 13.0. The smallest absolute Gasteiger partial charge is 0.336 e. The van der Waals surface area contributed by atoms with Gasteiger partial charge in [0.25, 0.3) is 0 Å². The van der Waals surface area contributed by atoms with E-state index in [4.69, 9.17) is 4.42 Å². The van der Waals surface area contributed by atoms with E-state index in [1.807, 2.05) is 43.3 Å². The van der Waals surface area contributed by atoms with Crippen molar-refractivity contribution in [1.82, 2.24) is 4.98 Å². The summed E-state index contributed by atoms with van der Waals surface area (Å²) >= 11 is 0. The molecule has 2 heterocycles. The number of hydrogen-bond donors (Lipinski definition) is 1. The molecule has 0 spiro atoms. The third-order valence-corrected chi connectivity index (χ3v) is 3.59. The van der Waals surface area contributed by atoms with E-state index in [0.717, 1.165) is 32.8 Å². The van der Waals surface area contributed by atoms with Gasteiger partial charge in [-0.1, -0.05) is 18.2 Å². The molecule has 0 aliphatic heterocycles. The summed E-state index contributed by atoms with van der Waals surface area (Å²) in [5.74, 6) is 0. The number of aromatic nitrogens is 1. The van der Waals surface area contributed by atoms with Crippen LogP contribution in [0.2, 0.25) is 0 Å². The van der Waals surface area contributed by atoms with Crippen LogP contribution in [0.25, 0.3) is 32.8 Å². The molecule has 0 fully saturated rings. The van der Waals surface area contributed by atoms with E-state index in [1.165, 1.54) is 6.07 Å². The predicted molar refractivity (Wildman–Crippen MR) is 76.6 cm³/mol. The number of hydrogen-bond acceptors (Lipinski definition) is 2. The zero-order valence-electron chi connectivity index (χ0n) is 10.4. The molecule has 2 aromatic carbocycles. The van der Waals surface area contributed by atoms with Gasteiger partial charge in [-0.25, -0.2) is 4.79 Å². The number of H-pyrrole nitrogens is 1. The molecule has 4 aromatic rings. The van der Waals surface area contributed by atoms with Crippen molar-refractivity contribution in [3.8, 4) is 0 Å². The van der Waals surface area contributed by atoms with Crippen LogP contribution in [-0.2, 0) is 0 Å². The maximum atomic E-state index is 11.6. The minimum absolute atomic E-state index is 0.303. The summed E-state index contributed by atoms with van der Waals surface area (Å²) in [7, 11) is 0. The number of fused-ring (bicyclic) bond motifs is 5. The standard InChI is InChI=1S/C16H11NO2/c1-9-8-14(18)19-16-10(9)6-7-13-15(16)11-4-2-3-5-12(11)17-13/h2-8,17H,1H3. The van der Waals surface area contributed by atoms with Gasteiger partial charge in [0, 0.05) is 22.4 Å². The molecule has 0 radical (unpaired) electrons. The van der Waals surface area contributed by atoms with Crippen LogP contribution in [0.5, 0.6) is 0 Å². The first kappa shape index (κ1) is 10.4. The van der Waals surface area contributed by atoms with Crippen LogP contribution in [0.1, 0.15) is 5.56 Å². The summed E-state index contributed by atoms with van der Waals surface area (Å²) in [5.41, 5.74) is 3.35. The second-order valence-corrected chi connectivity index (χ2v) is 4.78. The van der Waals surface area contributed by atoms with Crippen molar-refractivity contribution >= 4 is 32.8 Å². The molecule has 0 amide bonds. The van der Waals surface area contributed by atoms with Crippen molar-refractivity contribution in [2.75, 3.05) is 0 Å². The summed E-state index contributed by atoms with van der Waals surface area (Å²) in [6.07, 6.45) is 0. The highest BCUT2D eigenvalue weighted by Gasteiger charge is 2.11. The summed E-state index contributed by atoms with van der Waals surface area (Å²) in [4.78, 5) is 15.0. The second kappa shape index (κ2) is 3.48. The lowest BCUT2D eigenvalue weighted by molar-refractivity contribution is 0.563. The molecule has 0 bridgehead atoms. The van der Waals surface area contributed by atoms with Crippen LogP contribution in [0.3, 0.4) is 0 Å². The van der Waals surface area contributed by atoms with Gasteiger partial charge < -0.3 is 9.40 Å². The Morgan fingerprint density at radius 1 is 1.00 bits per heavy atom. The zero-order valence-corrected chi connectivity index (χ0v) is 10.4. The number of para-hydroxylation sites is 1.